The number of rotatable bonds is 4. The number of hydrogen-bond acceptors (Lipinski definition) is 5. The van der Waals surface area contributed by atoms with Gasteiger partial charge in [-0.2, -0.15) is 8.61 Å². The maximum Gasteiger partial charge on any atom is 0.252 e. The number of nitrogens with zero attached hydrogens (tertiary/aromatic N) is 2. The molecule has 0 bridgehead atoms. The Kier molecular flexibility index (Phi) is 5.01. The van der Waals surface area contributed by atoms with Crippen molar-refractivity contribution in [3.8, 4) is 0 Å². The van der Waals surface area contributed by atoms with E-state index < -0.39 is 20.0 Å². The van der Waals surface area contributed by atoms with Gasteiger partial charge in [0.2, 0.25) is 10.0 Å². The van der Waals surface area contributed by atoms with E-state index in [2.05, 4.69) is 0 Å². The standard InChI is InChI=1S/C14H15ClN2O4S3/c15-12-3-1-4-13(11-12)23(18,19)16-6-8-17(9-7-16)24(20,21)14-5-2-10-22-14/h1-5,10-11H,6-9H2. The summed E-state index contributed by atoms with van der Waals surface area (Å²) in [6, 6.07) is 9.28. The Morgan fingerprint density at radius 3 is 2.04 bits per heavy atom. The van der Waals surface area contributed by atoms with Crippen molar-refractivity contribution in [1.82, 2.24) is 8.61 Å². The molecular formula is C14H15ClN2O4S3. The lowest BCUT2D eigenvalue weighted by Gasteiger charge is -2.32. The van der Waals surface area contributed by atoms with Gasteiger partial charge in [-0.25, -0.2) is 16.8 Å². The highest BCUT2D eigenvalue weighted by Crippen LogP contribution is 2.25. The Bertz CT molecular complexity index is 919. The molecule has 24 heavy (non-hydrogen) atoms. The molecule has 130 valence electrons. The maximum atomic E-state index is 12.6. The summed E-state index contributed by atoms with van der Waals surface area (Å²) in [6.07, 6.45) is 0. The van der Waals surface area contributed by atoms with E-state index in [0.717, 1.165) is 11.3 Å². The molecule has 1 saturated heterocycles. The third-order valence-corrected chi connectivity index (χ3v) is 9.12. The van der Waals surface area contributed by atoms with Crippen LogP contribution < -0.4 is 0 Å². The first-order valence-electron chi connectivity index (χ1n) is 7.11. The largest absolute Gasteiger partial charge is 0.252 e. The molecule has 3 rings (SSSR count). The summed E-state index contributed by atoms with van der Waals surface area (Å²) >= 11 is 7.01. The molecular weight excluding hydrogens is 392 g/mol. The van der Waals surface area contributed by atoms with Gasteiger partial charge in [-0.3, -0.25) is 0 Å². The van der Waals surface area contributed by atoms with E-state index in [4.69, 9.17) is 11.6 Å². The van der Waals surface area contributed by atoms with Crippen LogP contribution in [0.2, 0.25) is 5.02 Å². The van der Waals surface area contributed by atoms with E-state index in [1.807, 2.05) is 0 Å². The summed E-state index contributed by atoms with van der Waals surface area (Å²) < 4.78 is 53.1. The number of sulfonamides is 2. The zero-order valence-electron chi connectivity index (χ0n) is 12.5. The monoisotopic (exact) mass is 406 g/mol. The molecule has 1 aromatic carbocycles. The zero-order valence-corrected chi connectivity index (χ0v) is 15.7. The molecule has 0 unspecified atom stereocenters. The quantitative estimate of drug-likeness (QED) is 0.779. The maximum absolute atomic E-state index is 12.6. The van der Waals surface area contributed by atoms with E-state index in [1.165, 1.54) is 20.7 Å². The van der Waals surface area contributed by atoms with Gasteiger partial charge < -0.3 is 0 Å². The predicted molar refractivity (Wildman–Crippen MR) is 93.3 cm³/mol. The van der Waals surface area contributed by atoms with Gasteiger partial charge in [0.1, 0.15) is 4.21 Å². The first-order chi connectivity index (χ1) is 11.3. The van der Waals surface area contributed by atoms with Crippen molar-refractivity contribution >= 4 is 43.0 Å². The van der Waals surface area contributed by atoms with Crippen LogP contribution in [0.15, 0.2) is 50.9 Å². The Morgan fingerprint density at radius 1 is 0.875 bits per heavy atom. The number of thiophene rings is 1. The van der Waals surface area contributed by atoms with Crippen LogP contribution in [0.1, 0.15) is 0 Å². The number of benzene rings is 1. The minimum Gasteiger partial charge on any atom is -0.207 e. The fourth-order valence-electron chi connectivity index (χ4n) is 2.46. The average Bonchev–Trinajstić information content (AvgIpc) is 3.10. The average molecular weight is 407 g/mol. The molecule has 1 aromatic heterocycles. The van der Waals surface area contributed by atoms with Gasteiger partial charge >= 0.3 is 0 Å². The van der Waals surface area contributed by atoms with Crippen molar-refractivity contribution in [3.05, 3.63) is 46.8 Å². The smallest absolute Gasteiger partial charge is 0.207 e. The fourth-order valence-corrected chi connectivity index (χ4v) is 6.75. The molecule has 0 N–H and O–H groups in total. The SMILES string of the molecule is O=S(=O)(c1cccc(Cl)c1)N1CCN(S(=O)(=O)c2cccs2)CC1. The van der Waals surface area contributed by atoms with Crippen LogP contribution in [0.3, 0.4) is 0 Å². The van der Waals surface area contributed by atoms with Crippen molar-refractivity contribution in [2.75, 3.05) is 26.2 Å². The van der Waals surface area contributed by atoms with Crippen LogP contribution in [-0.4, -0.2) is 51.6 Å². The van der Waals surface area contributed by atoms with Crippen LogP contribution >= 0.6 is 22.9 Å². The lowest BCUT2D eigenvalue weighted by Crippen LogP contribution is -2.50. The third-order valence-electron chi connectivity index (χ3n) is 3.72. The number of piperazine rings is 1. The van der Waals surface area contributed by atoms with Crippen LogP contribution in [0.5, 0.6) is 0 Å². The molecule has 0 atom stereocenters. The molecule has 1 aliphatic heterocycles. The summed E-state index contributed by atoms with van der Waals surface area (Å²) in [6.45, 7) is 0.471. The summed E-state index contributed by atoms with van der Waals surface area (Å²) in [7, 11) is -7.23. The van der Waals surface area contributed by atoms with Gasteiger partial charge in [0.05, 0.1) is 4.90 Å². The Balaban J connectivity index is 1.76. The van der Waals surface area contributed by atoms with Crippen molar-refractivity contribution in [3.63, 3.8) is 0 Å². The van der Waals surface area contributed by atoms with E-state index in [1.54, 1.807) is 29.6 Å². The van der Waals surface area contributed by atoms with E-state index in [-0.39, 0.29) is 35.3 Å². The molecule has 1 aliphatic rings. The molecule has 6 nitrogen and oxygen atoms in total. The molecule has 0 spiro atoms. The van der Waals surface area contributed by atoms with Gasteiger partial charge in [-0.15, -0.1) is 11.3 Å². The lowest BCUT2D eigenvalue weighted by molar-refractivity contribution is 0.273. The van der Waals surface area contributed by atoms with Gasteiger partial charge in [-0.1, -0.05) is 23.7 Å². The highest BCUT2D eigenvalue weighted by atomic mass is 35.5. The van der Waals surface area contributed by atoms with Crippen LogP contribution in [-0.2, 0) is 20.0 Å². The molecule has 10 heteroatoms. The highest BCUT2D eigenvalue weighted by molar-refractivity contribution is 7.91. The molecule has 2 aromatic rings. The van der Waals surface area contributed by atoms with E-state index in [0.29, 0.717) is 5.02 Å². The van der Waals surface area contributed by atoms with Crippen molar-refractivity contribution in [1.29, 1.82) is 0 Å². The van der Waals surface area contributed by atoms with Gasteiger partial charge in [0, 0.05) is 31.2 Å². The first-order valence-corrected chi connectivity index (χ1v) is 11.2. The Morgan fingerprint density at radius 2 is 1.50 bits per heavy atom. The van der Waals surface area contributed by atoms with Gasteiger partial charge in [0.25, 0.3) is 10.0 Å². The second-order valence-electron chi connectivity index (χ2n) is 5.20. The summed E-state index contributed by atoms with van der Waals surface area (Å²) in [4.78, 5) is 0.115. The van der Waals surface area contributed by atoms with Gasteiger partial charge in [0.15, 0.2) is 0 Å². The summed E-state index contributed by atoms with van der Waals surface area (Å²) in [5.74, 6) is 0. The van der Waals surface area contributed by atoms with Crippen LogP contribution in [0, 0.1) is 0 Å². The topological polar surface area (TPSA) is 74.8 Å². The second kappa shape index (κ2) is 6.74. The molecule has 0 saturated carbocycles. The second-order valence-corrected chi connectivity index (χ2v) is 10.7. The molecule has 1 fully saturated rings. The van der Waals surface area contributed by atoms with E-state index >= 15 is 0 Å². The molecule has 0 aliphatic carbocycles. The third kappa shape index (κ3) is 3.37. The zero-order chi connectivity index (χ0) is 17.4. The Hall–Kier alpha value is -0.970. The molecule has 2 heterocycles. The molecule has 0 radical (unpaired) electrons. The fraction of sp³-hybridized carbons (Fsp3) is 0.286. The summed E-state index contributed by atoms with van der Waals surface area (Å²) in [5.41, 5.74) is 0. The highest BCUT2D eigenvalue weighted by Gasteiger charge is 2.34. The summed E-state index contributed by atoms with van der Waals surface area (Å²) in [5, 5.41) is 2.04. The van der Waals surface area contributed by atoms with Crippen LogP contribution in [0.4, 0.5) is 0 Å². The van der Waals surface area contributed by atoms with Crippen LogP contribution in [0.25, 0.3) is 0 Å². The minimum atomic E-state index is -3.68. The predicted octanol–water partition coefficient (Wildman–Crippen LogP) is 2.10. The van der Waals surface area contributed by atoms with E-state index in [9.17, 15) is 16.8 Å². The lowest BCUT2D eigenvalue weighted by atomic mass is 10.4. The minimum absolute atomic E-state index is 0.111. The number of halogens is 1. The van der Waals surface area contributed by atoms with Crippen molar-refractivity contribution in [2.24, 2.45) is 0 Å². The number of hydrogen-bond donors (Lipinski definition) is 0. The Labute approximate surface area is 150 Å². The van der Waals surface area contributed by atoms with Crippen molar-refractivity contribution < 1.29 is 16.8 Å². The van der Waals surface area contributed by atoms with Gasteiger partial charge in [-0.05, 0) is 29.6 Å². The van der Waals surface area contributed by atoms with Crippen molar-refractivity contribution in [2.45, 2.75) is 9.10 Å². The normalized spacial score (nSPS) is 17.9. The molecule has 0 amide bonds. The first kappa shape index (κ1) is 17.8.